The number of hydrogen-bond donors (Lipinski definition) is 0. The fourth-order valence-electron chi connectivity index (χ4n) is 4.57. The van der Waals surface area contributed by atoms with Crippen molar-refractivity contribution < 1.29 is 26.4 Å². The van der Waals surface area contributed by atoms with Crippen molar-refractivity contribution in [2.75, 3.05) is 0 Å². The van der Waals surface area contributed by atoms with Crippen molar-refractivity contribution in [2.24, 2.45) is 0 Å². The van der Waals surface area contributed by atoms with Gasteiger partial charge in [0.1, 0.15) is 0 Å². The number of fused-ring (bicyclic) bond motifs is 2. The van der Waals surface area contributed by atoms with Crippen LogP contribution in [0.4, 0.5) is 0 Å². The summed E-state index contributed by atoms with van der Waals surface area (Å²) in [6, 6.07) is 19.2. The molecule has 0 unspecified atom stereocenters. The van der Waals surface area contributed by atoms with Crippen molar-refractivity contribution in [1.29, 1.82) is 0 Å². The molecule has 0 N–H and O–H groups in total. The first-order valence-corrected chi connectivity index (χ1v) is 17.3. The molecular weight excluding hydrogens is 671 g/mol. The second kappa shape index (κ2) is 12.4. The Hall–Kier alpha value is -4.36. The lowest BCUT2D eigenvalue weighted by Gasteiger charge is -2.07. The molecule has 236 valence electrons. The summed E-state index contributed by atoms with van der Waals surface area (Å²) in [6.45, 7) is 6.56. The van der Waals surface area contributed by atoms with Crippen molar-refractivity contribution in [2.45, 2.75) is 37.5 Å². The first-order chi connectivity index (χ1) is 21.6. The lowest BCUT2D eigenvalue weighted by atomic mass is 10.1. The van der Waals surface area contributed by atoms with Gasteiger partial charge in [0, 0.05) is 21.9 Å². The van der Waals surface area contributed by atoms with Crippen LogP contribution in [-0.4, -0.2) is 46.8 Å². The second-order valence-electron chi connectivity index (χ2n) is 10.5. The molecular formula is C32H26Cl2N4O6S2. The topological polar surface area (TPSA) is 138 Å². The predicted octanol–water partition coefficient (Wildman–Crippen LogP) is 6.88. The number of aromatic nitrogens is 4. The highest BCUT2D eigenvalue weighted by Crippen LogP contribution is 2.30. The molecule has 6 aromatic rings. The summed E-state index contributed by atoms with van der Waals surface area (Å²) in [7, 11) is -7.63. The van der Waals surface area contributed by atoms with Crippen LogP contribution in [0.3, 0.4) is 0 Å². The van der Waals surface area contributed by atoms with Crippen LogP contribution in [0, 0.1) is 13.8 Å². The van der Waals surface area contributed by atoms with Gasteiger partial charge in [-0.15, -0.1) is 0 Å². The monoisotopic (exact) mass is 696 g/mol. The van der Waals surface area contributed by atoms with Crippen LogP contribution >= 0.6 is 23.2 Å². The van der Waals surface area contributed by atoms with Crippen molar-refractivity contribution in [1.82, 2.24) is 18.4 Å². The molecule has 0 bridgehead atoms. The van der Waals surface area contributed by atoms with Crippen LogP contribution in [0.2, 0.25) is 10.0 Å². The SMILES string of the molecule is CC(=O)c1ccc2c(cnn2S(=O)(=O)c2ccc(C)cc2)c1Cl.CC(=O)c1ccc2nn(S(=O)(=O)c3ccc(C)cc3)cc2c1Cl. The van der Waals surface area contributed by atoms with Crippen molar-refractivity contribution in [3.05, 3.63) is 117 Å². The van der Waals surface area contributed by atoms with E-state index in [0.29, 0.717) is 32.9 Å². The number of hydrogen-bond acceptors (Lipinski definition) is 8. The standard InChI is InChI=1S/2C16H13ClN2O3S/c1-10-3-5-12(6-4-10)23(21,22)19-9-14-15(18-19)8-7-13(11(2)20)16(14)17;1-10-3-5-12(6-4-10)23(21,22)19-15-8-7-13(11(2)20)16(17)14(15)9-18-19/h2*3-9H,1-2H3. The summed E-state index contributed by atoms with van der Waals surface area (Å²) in [6.07, 6.45) is 2.69. The van der Waals surface area contributed by atoms with E-state index in [-0.39, 0.29) is 31.4 Å². The molecule has 4 aromatic carbocycles. The normalized spacial score (nSPS) is 11.8. The molecule has 10 nitrogen and oxygen atoms in total. The Bertz CT molecular complexity index is 2350. The summed E-state index contributed by atoms with van der Waals surface area (Å²) < 4.78 is 52.6. The molecule has 0 atom stereocenters. The van der Waals surface area contributed by atoms with Crippen molar-refractivity contribution in [3.63, 3.8) is 0 Å². The average molecular weight is 698 g/mol. The molecule has 0 amide bonds. The van der Waals surface area contributed by atoms with Crippen LogP contribution in [0.1, 0.15) is 45.7 Å². The molecule has 14 heteroatoms. The van der Waals surface area contributed by atoms with Gasteiger partial charge in [-0.2, -0.15) is 35.2 Å². The van der Waals surface area contributed by atoms with E-state index in [2.05, 4.69) is 10.2 Å². The highest BCUT2D eigenvalue weighted by molar-refractivity contribution is 7.90. The zero-order valence-electron chi connectivity index (χ0n) is 24.9. The minimum atomic E-state index is -3.83. The number of nitrogens with zero attached hydrogens (tertiary/aromatic N) is 4. The number of rotatable bonds is 6. The average Bonchev–Trinajstić information content (AvgIpc) is 3.65. The molecule has 0 spiro atoms. The number of benzene rings is 4. The second-order valence-corrected chi connectivity index (χ2v) is 14.8. The van der Waals surface area contributed by atoms with E-state index in [1.54, 1.807) is 36.4 Å². The quantitative estimate of drug-likeness (QED) is 0.172. The smallest absolute Gasteiger partial charge is 0.283 e. The number of Topliss-reactive ketones (excluding diaryl/α,β-unsaturated/α-hetero) is 2. The molecule has 2 heterocycles. The van der Waals surface area contributed by atoms with Crippen LogP contribution < -0.4 is 0 Å². The molecule has 0 fully saturated rings. The summed E-state index contributed by atoms with van der Waals surface area (Å²) >= 11 is 12.4. The van der Waals surface area contributed by atoms with E-state index in [1.807, 2.05) is 13.8 Å². The third kappa shape index (κ3) is 6.08. The molecule has 0 saturated carbocycles. The highest BCUT2D eigenvalue weighted by atomic mass is 35.5. The van der Waals surface area contributed by atoms with Gasteiger partial charge in [0.05, 0.1) is 43.3 Å². The minimum Gasteiger partial charge on any atom is -0.294 e. The van der Waals surface area contributed by atoms with Gasteiger partial charge < -0.3 is 0 Å². The molecule has 0 aliphatic carbocycles. The molecule has 0 aliphatic heterocycles. The minimum absolute atomic E-state index is 0.138. The van der Waals surface area contributed by atoms with E-state index >= 15 is 0 Å². The fraction of sp³-hybridized carbons (Fsp3) is 0.125. The Morgan fingerprint density at radius 3 is 1.65 bits per heavy atom. The van der Waals surface area contributed by atoms with Crippen molar-refractivity contribution >= 4 is 76.6 Å². The number of ketones is 2. The van der Waals surface area contributed by atoms with Gasteiger partial charge in [0.15, 0.2) is 11.6 Å². The Balaban J connectivity index is 0.000000181. The third-order valence-corrected chi connectivity index (χ3v) is 11.1. The lowest BCUT2D eigenvalue weighted by Crippen LogP contribution is -2.14. The van der Waals surface area contributed by atoms with Gasteiger partial charge in [0.25, 0.3) is 20.0 Å². The van der Waals surface area contributed by atoms with Gasteiger partial charge in [-0.05, 0) is 76.2 Å². The van der Waals surface area contributed by atoms with Gasteiger partial charge in [-0.25, -0.2) is 0 Å². The van der Waals surface area contributed by atoms with Crippen LogP contribution in [0.25, 0.3) is 21.8 Å². The summed E-state index contributed by atoms with van der Waals surface area (Å²) in [5.74, 6) is -0.378. The molecule has 0 radical (unpaired) electrons. The first kappa shape index (κ1) is 33.0. The lowest BCUT2D eigenvalue weighted by molar-refractivity contribution is 0.100. The number of halogens is 2. The van der Waals surface area contributed by atoms with E-state index in [0.717, 1.165) is 19.3 Å². The zero-order valence-corrected chi connectivity index (χ0v) is 28.0. The van der Waals surface area contributed by atoms with Crippen molar-refractivity contribution in [3.8, 4) is 0 Å². The summed E-state index contributed by atoms with van der Waals surface area (Å²) in [4.78, 5) is 23.4. The molecule has 6 rings (SSSR count). The van der Waals surface area contributed by atoms with Crippen LogP contribution in [0.15, 0.2) is 95.0 Å². The van der Waals surface area contributed by atoms with E-state index in [4.69, 9.17) is 23.2 Å². The number of carbonyl (C=O) groups excluding carboxylic acids is 2. The van der Waals surface area contributed by atoms with Gasteiger partial charge >= 0.3 is 0 Å². The van der Waals surface area contributed by atoms with Gasteiger partial charge in [0.2, 0.25) is 0 Å². The fourth-order valence-corrected chi connectivity index (χ4v) is 7.66. The maximum atomic E-state index is 12.7. The Kier molecular flexibility index (Phi) is 8.93. The number of carbonyl (C=O) groups is 2. The molecule has 46 heavy (non-hydrogen) atoms. The van der Waals surface area contributed by atoms with E-state index in [1.165, 1.54) is 62.6 Å². The maximum Gasteiger partial charge on any atom is 0.283 e. The highest BCUT2D eigenvalue weighted by Gasteiger charge is 2.23. The van der Waals surface area contributed by atoms with Gasteiger partial charge in [-0.1, -0.05) is 58.6 Å². The maximum absolute atomic E-state index is 12.7. The predicted molar refractivity (Wildman–Crippen MR) is 177 cm³/mol. The van der Waals surface area contributed by atoms with E-state index in [9.17, 15) is 26.4 Å². The van der Waals surface area contributed by atoms with E-state index < -0.39 is 20.0 Å². The van der Waals surface area contributed by atoms with Crippen LogP contribution in [0.5, 0.6) is 0 Å². The molecule has 0 aliphatic rings. The Morgan fingerprint density at radius 2 is 1.13 bits per heavy atom. The molecule has 2 aromatic heterocycles. The summed E-state index contributed by atoms with van der Waals surface area (Å²) in [5.41, 5.74) is 3.35. The van der Waals surface area contributed by atoms with Gasteiger partial charge in [-0.3, -0.25) is 9.59 Å². The molecule has 0 saturated heterocycles. The largest absolute Gasteiger partial charge is 0.294 e. The third-order valence-electron chi connectivity index (χ3n) is 7.13. The summed E-state index contributed by atoms with van der Waals surface area (Å²) in [5, 5.41) is 9.31. The Morgan fingerprint density at radius 1 is 0.652 bits per heavy atom. The van der Waals surface area contributed by atoms with Crippen LogP contribution in [-0.2, 0) is 20.0 Å². The number of aryl methyl sites for hydroxylation is 2. The first-order valence-electron chi connectivity index (χ1n) is 13.6. The zero-order chi connectivity index (χ0) is 33.6. The Labute approximate surface area is 275 Å².